The number of ether oxygens (including phenoxy) is 1. The molecule has 31 heavy (non-hydrogen) atoms. The number of aliphatic hydroxyl groups is 3. The van der Waals surface area contributed by atoms with E-state index in [1.807, 2.05) is 48.5 Å². The lowest BCUT2D eigenvalue weighted by atomic mass is 9.95. The summed E-state index contributed by atoms with van der Waals surface area (Å²) < 4.78 is 5.28. The molecule has 2 aromatic rings. The molecule has 0 radical (unpaired) electrons. The maximum Gasteiger partial charge on any atom is 0.306 e. The average Bonchev–Trinajstić information content (AvgIpc) is 2.75. The third-order valence-corrected chi connectivity index (χ3v) is 5.03. The maximum atomic E-state index is 11.9. The molecule has 1 unspecified atom stereocenters. The first kappa shape index (κ1) is 24.5. The van der Waals surface area contributed by atoms with Gasteiger partial charge < -0.3 is 25.2 Å². The number of aliphatic carboxylic acids is 1. The molecule has 0 spiro atoms. The molecule has 0 aliphatic carbocycles. The van der Waals surface area contributed by atoms with Gasteiger partial charge in [0.25, 0.3) is 0 Å². The van der Waals surface area contributed by atoms with Gasteiger partial charge in [-0.3, -0.25) is 9.59 Å². The summed E-state index contributed by atoms with van der Waals surface area (Å²) in [5, 5.41) is 36.6. The Hall–Kier alpha value is -2.74. The number of hydrogen-bond donors (Lipinski definition) is 4. The number of benzene rings is 2. The SMILES string of the molecule is O=C(O)CCC(=O)OC(CCc1ccccc1CCc1cccc(CO)c1)CC(O)O. The molecule has 0 aromatic heterocycles. The smallest absolute Gasteiger partial charge is 0.306 e. The molecule has 2 rings (SSSR count). The molecular weight excluding hydrogens is 400 g/mol. The summed E-state index contributed by atoms with van der Waals surface area (Å²) in [4.78, 5) is 22.5. The Bertz CT molecular complexity index is 847. The van der Waals surface area contributed by atoms with Crippen molar-refractivity contribution in [3.8, 4) is 0 Å². The van der Waals surface area contributed by atoms with Crippen LogP contribution in [0, 0.1) is 0 Å². The van der Waals surface area contributed by atoms with E-state index in [0.717, 1.165) is 35.1 Å². The zero-order valence-corrected chi connectivity index (χ0v) is 17.4. The molecule has 168 valence electrons. The summed E-state index contributed by atoms with van der Waals surface area (Å²) in [6, 6.07) is 15.7. The van der Waals surface area contributed by atoms with Crippen LogP contribution < -0.4 is 0 Å². The molecule has 7 nitrogen and oxygen atoms in total. The highest BCUT2D eigenvalue weighted by Crippen LogP contribution is 2.18. The number of carboxylic acid groups (broad SMARTS) is 1. The Kier molecular flexibility index (Phi) is 10.2. The van der Waals surface area contributed by atoms with Crippen molar-refractivity contribution < 1.29 is 34.8 Å². The van der Waals surface area contributed by atoms with Gasteiger partial charge in [0.1, 0.15) is 6.10 Å². The quantitative estimate of drug-likeness (QED) is 0.284. The normalized spacial score (nSPS) is 12.0. The maximum absolute atomic E-state index is 11.9. The second kappa shape index (κ2) is 12.8. The molecule has 4 N–H and O–H groups in total. The van der Waals surface area contributed by atoms with E-state index in [-0.39, 0.29) is 25.9 Å². The molecule has 0 saturated heterocycles. The highest BCUT2D eigenvalue weighted by Gasteiger charge is 2.19. The van der Waals surface area contributed by atoms with Gasteiger partial charge in [0.05, 0.1) is 19.4 Å². The van der Waals surface area contributed by atoms with Gasteiger partial charge >= 0.3 is 11.9 Å². The largest absolute Gasteiger partial charge is 0.481 e. The van der Waals surface area contributed by atoms with Gasteiger partial charge in [-0.1, -0.05) is 48.5 Å². The Morgan fingerprint density at radius 2 is 1.55 bits per heavy atom. The summed E-state index contributed by atoms with van der Waals surface area (Å²) in [5.41, 5.74) is 4.24. The molecule has 2 aromatic carbocycles. The van der Waals surface area contributed by atoms with Crippen molar-refractivity contribution in [2.45, 2.75) is 63.9 Å². The number of carbonyl (C=O) groups excluding carboxylic acids is 1. The summed E-state index contributed by atoms with van der Waals surface area (Å²) in [6.45, 7) is 0.00765. The number of carbonyl (C=O) groups is 2. The number of hydrogen-bond acceptors (Lipinski definition) is 6. The van der Waals surface area contributed by atoms with E-state index in [4.69, 9.17) is 9.84 Å². The second-order valence-electron chi connectivity index (χ2n) is 7.51. The topological polar surface area (TPSA) is 124 Å². The van der Waals surface area contributed by atoms with Crippen LogP contribution in [0.3, 0.4) is 0 Å². The minimum Gasteiger partial charge on any atom is -0.481 e. The van der Waals surface area contributed by atoms with Crippen LogP contribution in [0.4, 0.5) is 0 Å². The van der Waals surface area contributed by atoms with Gasteiger partial charge in [-0.25, -0.2) is 0 Å². The predicted octanol–water partition coefficient (Wildman–Crippen LogP) is 2.37. The van der Waals surface area contributed by atoms with Gasteiger partial charge in [-0.2, -0.15) is 0 Å². The highest BCUT2D eigenvalue weighted by atomic mass is 16.5. The van der Waals surface area contributed by atoms with Crippen LogP contribution in [-0.4, -0.2) is 44.8 Å². The lowest BCUT2D eigenvalue weighted by molar-refractivity contribution is -0.156. The lowest BCUT2D eigenvalue weighted by Gasteiger charge is -2.19. The number of rotatable bonds is 13. The first-order chi connectivity index (χ1) is 14.9. The van der Waals surface area contributed by atoms with E-state index in [1.54, 1.807) is 0 Å². The van der Waals surface area contributed by atoms with Crippen LogP contribution in [0.2, 0.25) is 0 Å². The van der Waals surface area contributed by atoms with Crippen molar-refractivity contribution in [2.24, 2.45) is 0 Å². The minimum atomic E-state index is -1.62. The molecular formula is C24H30O7. The highest BCUT2D eigenvalue weighted by molar-refractivity contribution is 5.76. The Morgan fingerprint density at radius 3 is 2.19 bits per heavy atom. The fourth-order valence-corrected chi connectivity index (χ4v) is 3.44. The number of carboxylic acids is 1. The molecule has 0 fully saturated rings. The summed E-state index contributed by atoms with van der Waals surface area (Å²) in [7, 11) is 0. The van der Waals surface area contributed by atoms with Crippen LogP contribution in [0.5, 0.6) is 0 Å². The van der Waals surface area contributed by atoms with E-state index in [0.29, 0.717) is 12.8 Å². The van der Waals surface area contributed by atoms with Crippen molar-refractivity contribution in [1.29, 1.82) is 0 Å². The Morgan fingerprint density at radius 1 is 0.871 bits per heavy atom. The molecule has 0 bridgehead atoms. The fourth-order valence-electron chi connectivity index (χ4n) is 3.44. The van der Waals surface area contributed by atoms with Crippen molar-refractivity contribution in [2.75, 3.05) is 0 Å². The molecule has 0 aliphatic rings. The third kappa shape index (κ3) is 9.29. The summed E-state index contributed by atoms with van der Waals surface area (Å²) >= 11 is 0. The van der Waals surface area contributed by atoms with E-state index in [1.165, 1.54) is 0 Å². The van der Waals surface area contributed by atoms with E-state index in [2.05, 4.69) is 0 Å². The first-order valence-electron chi connectivity index (χ1n) is 10.4. The molecule has 0 amide bonds. The number of aliphatic hydroxyl groups excluding tert-OH is 2. The van der Waals surface area contributed by atoms with Crippen molar-refractivity contribution in [1.82, 2.24) is 0 Å². The molecule has 1 atom stereocenters. The monoisotopic (exact) mass is 430 g/mol. The van der Waals surface area contributed by atoms with Gasteiger partial charge in [0.2, 0.25) is 0 Å². The van der Waals surface area contributed by atoms with E-state index in [9.17, 15) is 24.9 Å². The van der Waals surface area contributed by atoms with E-state index >= 15 is 0 Å². The van der Waals surface area contributed by atoms with Gasteiger partial charge in [0, 0.05) is 6.42 Å². The minimum absolute atomic E-state index is 0.00765. The van der Waals surface area contributed by atoms with E-state index < -0.39 is 24.3 Å². The number of aryl methyl sites for hydroxylation is 3. The van der Waals surface area contributed by atoms with Crippen LogP contribution in [0.1, 0.15) is 47.9 Å². The molecule has 7 heteroatoms. The van der Waals surface area contributed by atoms with Gasteiger partial charge in [-0.05, 0) is 47.9 Å². The number of esters is 1. The van der Waals surface area contributed by atoms with Crippen molar-refractivity contribution in [3.63, 3.8) is 0 Å². The van der Waals surface area contributed by atoms with Crippen LogP contribution in [0.25, 0.3) is 0 Å². The molecule has 0 aliphatic heterocycles. The van der Waals surface area contributed by atoms with Crippen LogP contribution >= 0.6 is 0 Å². The van der Waals surface area contributed by atoms with Crippen molar-refractivity contribution in [3.05, 3.63) is 70.8 Å². The zero-order chi connectivity index (χ0) is 22.6. The van der Waals surface area contributed by atoms with Crippen LogP contribution in [-0.2, 0) is 40.2 Å². The predicted molar refractivity (Wildman–Crippen MR) is 114 cm³/mol. The first-order valence-corrected chi connectivity index (χ1v) is 10.4. The molecule has 0 saturated carbocycles. The fraction of sp³-hybridized carbons (Fsp3) is 0.417. The Balaban J connectivity index is 1.98. The van der Waals surface area contributed by atoms with Crippen molar-refractivity contribution >= 4 is 11.9 Å². The average molecular weight is 430 g/mol. The second-order valence-corrected chi connectivity index (χ2v) is 7.51. The van der Waals surface area contributed by atoms with Gasteiger partial charge in [-0.15, -0.1) is 0 Å². The molecule has 0 heterocycles. The van der Waals surface area contributed by atoms with Crippen LogP contribution in [0.15, 0.2) is 48.5 Å². The Labute approximate surface area is 181 Å². The standard InChI is InChI=1S/C24H30O7/c25-16-18-5-3-4-17(14-18)8-9-19-6-1-2-7-20(19)10-11-21(15-23(28)29)31-24(30)13-12-22(26)27/h1-7,14,21,23,25,28-29H,8-13,15-16H2,(H,26,27). The summed E-state index contributed by atoms with van der Waals surface area (Å²) in [5.74, 6) is -1.75. The van der Waals surface area contributed by atoms with Gasteiger partial charge in [0.15, 0.2) is 6.29 Å². The zero-order valence-electron chi connectivity index (χ0n) is 17.4. The third-order valence-electron chi connectivity index (χ3n) is 5.03. The lowest BCUT2D eigenvalue weighted by Crippen LogP contribution is -2.25. The summed E-state index contributed by atoms with van der Waals surface area (Å²) in [6.07, 6.45) is -0.449.